The molecule has 3 saturated heterocycles. The number of carbonyl (C=O) groups is 2. The second-order valence-corrected chi connectivity index (χ2v) is 14.9. The number of methoxy groups -OCH3 is 1. The first-order valence-electron chi connectivity index (χ1n) is 18.0. The summed E-state index contributed by atoms with van der Waals surface area (Å²) in [6.45, 7) is 3.16. The van der Waals surface area contributed by atoms with Gasteiger partial charge in [-0.2, -0.15) is 5.10 Å². The topological polar surface area (TPSA) is 125 Å². The normalized spacial score (nSPS) is 19.9. The van der Waals surface area contributed by atoms with Crippen molar-refractivity contribution in [2.24, 2.45) is 13.0 Å². The summed E-state index contributed by atoms with van der Waals surface area (Å²) in [7, 11) is 3.30. The molecule has 7 rings (SSSR count). The van der Waals surface area contributed by atoms with Crippen LogP contribution in [0, 0.1) is 11.7 Å². The molecule has 11 nitrogen and oxygen atoms in total. The largest absolute Gasteiger partial charge is 0.496 e. The van der Waals surface area contributed by atoms with E-state index in [-0.39, 0.29) is 23.7 Å². The number of hydrogen-bond acceptors (Lipinski definition) is 8. The van der Waals surface area contributed by atoms with E-state index in [0.29, 0.717) is 97.4 Å². The summed E-state index contributed by atoms with van der Waals surface area (Å²) in [4.78, 5) is 40.3. The molecule has 0 radical (unpaired) electrons. The molecule has 276 valence electrons. The zero-order valence-electron chi connectivity index (χ0n) is 29.4. The zero-order chi connectivity index (χ0) is 36.6. The number of rotatable bonds is 10. The van der Waals surface area contributed by atoms with Crippen molar-refractivity contribution < 1.29 is 23.1 Å². The van der Waals surface area contributed by atoms with Crippen LogP contribution >= 0.6 is 11.6 Å². The molecule has 1 atom stereocenters. The Morgan fingerprint density at radius 2 is 1.85 bits per heavy atom. The number of nitrogens with one attached hydrogen (secondary N) is 3. The van der Waals surface area contributed by atoms with Gasteiger partial charge in [0.1, 0.15) is 28.8 Å². The number of anilines is 2. The molecule has 5 heterocycles. The molecule has 2 aromatic carbocycles. The summed E-state index contributed by atoms with van der Waals surface area (Å²) >= 11 is 6.86. The molecule has 3 aliphatic rings. The van der Waals surface area contributed by atoms with Gasteiger partial charge in [0.05, 0.1) is 19.0 Å². The van der Waals surface area contributed by atoms with Crippen LogP contribution in [0.3, 0.4) is 0 Å². The fraction of sp³-hybridized carbons (Fsp3) is 0.474. The molecule has 52 heavy (non-hydrogen) atoms. The van der Waals surface area contributed by atoms with Crippen LogP contribution < -0.4 is 25.8 Å². The van der Waals surface area contributed by atoms with Gasteiger partial charge in [-0.15, -0.1) is 0 Å². The van der Waals surface area contributed by atoms with Crippen LogP contribution in [0.2, 0.25) is 5.02 Å². The summed E-state index contributed by atoms with van der Waals surface area (Å²) in [5, 5.41) is 13.4. The molecular formula is C38H44ClF2N7O4. The molecule has 14 heteroatoms. The lowest BCUT2D eigenvalue weighted by Gasteiger charge is -2.39. The quantitative estimate of drug-likeness (QED) is 0.171. The highest BCUT2D eigenvalue weighted by Gasteiger charge is 2.36. The Bertz CT molecular complexity index is 2040. The maximum absolute atomic E-state index is 16.1. The molecular weight excluding hydrogens is 692 g/mol. The van der Waals surface area contributed by atoms with Gasteiger partial charge in [0.15, 0.2) is 0 Å². The number of aryl methyl sites for hydroxylation is 1. The van der Waals surface area contributed by atoms with Crippen molar-refractivity contribution in [3.63, 3.8) is 0 Å². The summed E-state index contributed by atoms with van der Waals surface area (Å²) in [6.07, 6.45) is 7.99. The van der Waals surface area contributed by atoms with E-state index < -0.39 is 17.6 Å². The number of H-pyrrole nitrogens is 1. The Kier molecular flexibility index (Phi) is 10.3. The molecule has 3 N–H and O–H groups in total. The van der Waals surface area contributed by atoms with Crippen LogP contribution in [0.5, 0.6) is 5.75 Å². The molecule has 4 aromatic rings. The van der Waals surface area contributed by atoms with Gasteiger partial charge in [0, 0.05) is 79.6 Å². The van der Waals surface area contributed by atoms with Crippen molar-refractivity contribution in [1.29, 1.82) is 0 Å². The number of ether oxygens (including phenoxy) is 1. The van der Waals surface area contributed by atoms with E-state index in [9.17, 15) is 14.4 Å². The number of aromatic amines is 1. The molecule has 3 aliphatic heterocycles. The molecule has 0 saturated carbocycles. The summed E-state index contributed by atoms with van der Waals surface area (Å²) in [5.41, 5.74) is 2.53. The molecule has 3 fully saturated rings. The number of carbonyl (C=O) groups excluding carboxylic acids is 2. The van der Waals surface area contributed by atoms with Crippen molar-refractivity contribution in [2.75, 3.05) is 43.5 Å². The second kappa shape index (κ2) is 14.9. The van der Waals surface area contributed by atoms with Gasteiger partial charge in [-0.1, -0.05) is 11.6 Å². The van der Waals surface area contributed by atoms with Gasteiger partial charge >= 0.3 is 0 Å². The number of alkyl halides is 1. The van der Waals surface area contributed by atoms with Crippen molar-refractivity contribution in [3.05, 3.63) is 69.5 Å². The summed E-state index contributed by atoms with van der Waals surface area (Å²) in [5.74, 6) is -0.0281. The first kappa shape index (κ1) is 35.9. The second-order valence-electron chi connectivity index (χ2n) is 14.5. The Morgan fingerprint density at radius 3 is 2.56 bits per heavy atom. The van der Waals surface area contributed by atoms with Crippen LogP contribution in [0.4, 0.5) is 20.2 Å². The van der Waals surface area contributed by atoms with Crippen LogP contribution in [-0.4, -0.2) is 76.5 Å². The Morgan fingerprint density at radius 1 is 1.08 bits per heavy atom. The molecule has 2 aromatic heterocycles. The smallest absolute Gasteiger partial charge is 0.276 e. The Hall–Kier alpha value is -4.49. The minimum atomic E-state index is -1.22. The number of pyridine rings is 1. The zero-order valence-corrected chi connectivity index (χ0v) is 30.2. The van der Waals surface area contributed by atoms with Gasteiger partial charge in [0.25, 0.3) is 5.56 Å². The predicted molar refractivity (Wildman–Crippen MR) is 197 cm³/mol. The van der Waals surface area contributed by atoms with Crippen molar-refractivity contribution in [2.45, 2.75) is 69.6 Å². The highest BCUT2D eigenvalue weighted by Crippen LogP contribution is 2.39. The fourth-order valence-electron chi connectivity index (χ4n) is 7.88. The van der Waals surface area contributed by atoms with Crippen molar-refractivity contribution in [1.82, 2.24) is 25.0 Å². The first-order chi connectivity index (χ1) is 25.0. The molecule has 0 aliphatic carbocycles. The molecule has 0 bridgehead atoms. The van der Waals surface area contributed by atoms with Crippen LogP contribution in [0.25, 0.3) is 22.0 Å². The maximum Gasteiger partial charge on any atom is 0.276 e. The van der Waals surface area contributed by atoms with Crippen molar-refractivity contribution in [3.8, 4) is 16.9 Å². The summed E-state index contributed by atoms with van der Waals surface area (Å²) in [6, 6.07) is 8.13. The van der Waals surface area contributed by atoms with E-state index in [1.54, 1.807) is 38.7 Å². The minimum Gasteiger partial charge on any atom is -0.496 e. The lowest BCUT2D eigenvalue weighted by molar-refractivity contribution is -0.133. The Labute approximate surface area is 305 Å². The van der Waals surface area contributed by atoms with Gasteiger partial charge < -0.3 is 19.5 Å². The van der Waals surface area contributed by atoms with E-state index in [2.05, 4.69) is 25.7 Å². The standard InChI is InChI=1S/C38H44ClF2N7O4/c1-46-21-27(26-20-42-45-35(26)37(46)51)24-17-29(39)28(33(18-24)52-2)22-47-15-11-38(41,12-16-47)10-7-23-8-13-48(14-9-23)32-5-3-25(19-30(32)40)43-31-4-6-34(49)44-36(31)50/h3,5,17-21,23,31,43H,4,6-16,22H2,1-2H3,(H,42,45)(H,44,49,50). The number of hydrogen-bond donors (Lipinski definition) is 3. The summed E-state index contributed by atoms with van der Waals surface area (Å²) < 4.78 is 38.5. The van der Waals surface area contributed by atoms with Gasteiger partial charge in [-0.25, -0.2) is 8.78 Å². The lowest BCUT2D eigenvalue weighted by Crippen LogP contribution is -2.47. The van der Waals surface area contributed by atoms with Gasteiger partial charge in [-0.3, -0.25) is 29.7 Å². The number of amides is 2. The fourth-order valence-corrected chi connectivity index (χ4v) is 8.15. The SMILES string of the molecule is COc1cc(-c2cn(C)c(=O)c3[nH]ncc23)cc(Cl)c1CN1CCC(F)(CCC2CCN(c3ccc(NC4CCC(=O)NC4=O)cc3F)CC2)CC1. The van der Waals surface area contributed by atoms with E-state index in [1.807, 2.05) is 17.0 Å². The number of likely N-dealkylation sites (tertiary alicyclic amines) is 1. The molecule has 0 spiro atoms. The lowest BCUT2D eigenvalue weighted by atomic mass is 9.83. The third-order valence-electron chi connectivity index (χ3n) is 11.1. The average molecular weight is 736 g/mol. The molecule has 1 unspecified atom stereocenters. The van der Waals surface area contributed by atoms with Crippen LogP contribution in [0.1, 0.15) is 56.9 Å². The monoisotopic (exact) mass is 735 g/mol. The minimum absolute atomic E-state index is 0.163. The first-order valence-corrected chi connectivity index (χ1v) is 18.3. The highest BCUT2D eigenvalue weighted by atomic mass is 35.5. The van der Waals surface area contributed by atoms with Gasteiger partial charge in [-0.05, 0) is 86.8 Å². The third kappa shape index (κ3) is 7.52. The third-order valence-corrected chi connectivity index (χ3v) is 11.4. The number of aromatic nitrogens is 3. The number of fused-ring (bicyclic) bond motifs is 1. The van der Waals surface area contributed by atoms with Crippen LogP contribution in [0.15, 0.2) is 47.5 Å². The van der Waals surface area contributed by atoms with E-state index >= 15 is 8.78 Å². The predicted octanol–water partition coefficient (Wildman–Crippen LogP) is 5.95. The number of imide groups is 1. The average Bonchev–Trinajstić information content (AvgIpc) is 3.63. The highest BCUT2D eigenvalue weighted by molar-refractivity contribution is 6.32. The molecule has 2 amide bonds. The van der Waals surface area contributed by atoms with E-state index in [0.717, 1.165) is 36.0 Å². The maximum atomic E-state index is 16.1. The van der Waals surface area contributed by atoms with Crippen LogP contribution in [-0.2, 0) is 23.2 Å². The number of halogens is 3. The number of nitrogens with zero attached hydrogens (tertiary/aromatic N) is 4. The number of piperidine rings is 3. The Balaban J connectivity index is 0.896. The van der Waals surface area contributed by atoms with Crippen molar-refractivity contribution >= 4 is 45.7 Å². The number of benzene rings is 2. The van der Waals surface area contributed by atoms with E-state index in [1.165, 1.54) is 10.6 Å². The van der Waals surface area contributed by atoms with Gasteiger partial charge in [0.2, 0.25) is 11.8 Å². The van der Waals surface area contributed by atoms with E-state index in [4.69, 9.17) is 16.3 Å².